The lowest BCUT2D eigenvalue weighted by Gasteiger charge is -2.38. The molecule has 0 amide bonds. The quantitative estimate of drug-likeness (QED) is 0.624. The van der Waals surface area contributed by atoms with Gasteiger partial charge in [0.1, 0.15) is 0 Å². The van der Waals surface area contributed by atoms with Crippen LogP contribution in [-0.2, 0) is 4.74 Å². The van der Waals surface area contributed by atoms with Crippen LogP contribution < -0.4 is 5.32 Å². The Morgan fingerprint density at radius 1 is 1.22 bits per heavy atom. The molecule has 1 aliphatic rings. The number of ether oxygens (including phenoxy) is 1. The van der Waals surface area contributed by atoms with Gasteiger partial charge >= 0.3 is 0 Å². The van der Waals surface area contributed by atoms with E-state index in [2.05, 4.69) is 29.0 Å². The van der Waals surface area contributed by atoms with Crippen LogP contribution in [0.4, 0.5) is 0 Å². The van der Waals surface area contributed by atoms with E-state index in [4.69, 9.17) is 4.74 Å². The van der Waals surface area contributed by atoms with Crippen LogP contribution in [-0.4, -0.2) is 75.4 Å². The lowest BCUT2D eigenvalue weighted by atomic mass is 10.2. The van der Waals surface area contributed by atoms with E-state index in [1.165, 1.54) is 39.1 Å². The van der Waals surface area contributed by atoms with Crippen LogP contribution in [0, 0.1) is 0 Å². The van der Waals surface area contributed by atoms with Gasteiger partial charge in [-0.2, -0.15) is 0 Å². The zero-order valence-electron chi connectivity index (χ0n) is 12.5. The monoisotopic (exact) mass is 257 g/mol. The standard InChI is InChI=1S/C14H31N3O/c1-4-7-16-8-10-17(11-9-16)14(2)13-15-6-5-12-18-3/h14-15H,4-13H2,1-3H3. The van der Waals surface area contributed by atoms with Crippen molar-refractivity contribution in [3.63, 3.8) is 0 Å². The Hall–Kier alpha value is -0.160. The number of nitrogens with zero attached hydrogens (tertiary/aromatic N) is 2. The second-order valence-corrected chi connectivity index (χ2v) is 5.28. The van der Waals surface area contributed by atoms with Gasteiger partial charge in [-0.25, -0.2) is 0 Å². The minimum atomic E-state index is 0.649. The van der Waals surface area contributed by atoms with Crippen LogP contribution >= 0.6 is 0 Å². The minimum Gasteiger partial charge on any atom is -0.385 e. The molecule has 1 aliphatic heterocycles. The summed E-state index contributed by atoms with van der Waals surface area (Å²) in [7, 11) is 1.76. The smallest absolute Gasteiger partial charge is 0.0474 e. The molecule has 108 valence electrons. The van der Waals surface area contributed by atoms with Crippen LogP contribution in [0.25, 0.3) is 0 Å². The molecule has 0 radical (unpaired) electrons. The van der Waals surface area contributed by atoms with E-state index in [9.17, 15) is 0 Å². The maximum absolute atomic E-state index is 5.04. The summed E-state index contributed by atoms with van der Waals surface area (Å²) >= 11 is 0. The molecule has 1 saturated heterocycles. The molecule has 0 aromatic carbocycles. The molecule has 1 atom stereocenters. The van der Waals surface area contributed by atoms with Crippen LogP contribution in [0.5, 0.6) is 0 Å². The second kappa shape index (κ2) is 9.73. The Morgan fingerprint density at radius 2 is 1.94 bits per heavy atom. The summed E-state index contributed by atoms with van der Waals surface area (Å²) in [6.07, 6.45) is 2.38. The number of nitrogens with one attached hydrogen (secondary N) is 1. The Balaban J connectivity index is 2.06. The van der Waals surface area contributed by atoms with Crippen LogP contribution in [0.1, 0.15) is 26.7 Å². The molecular formula is C14H31N3O. The summed E-state index contributed by atoms with van der Waals surface area (Å²) < 4.78 is 5.04. The summed E-state index contributed by atoms with van der Waals surface area (Å²) in [6, 6.07) is 0.649. The first-order valence-corrected chi connectivity index (χ1v) is 7.44. The highest BCUT2D eigenvalue weighted by molar-refractivity contribution is 4.77. The number of piperazine rings is 1. The minimum absolute atomic E-state index is 0.649. The second-order valence-electron chi connectivity index (χ2n) is 5.28. The van der Waals surface area contributed by atoms with E-state index < -0.39 is 0 Å². The summed E-state index contributed by atoms with van der Waals surface area (Å²) in [5.41, 5.74) is 0. The van der Waals surface area contributed by atoms with Crippen molar-refractivity contribution in [2.24, 2.45) is 0 Å². The van der Waals surface area contributed by atoms with Crippen molar-refractivity contribution in [2.45, 2.75) is 32.7 Å². The van der Waals surface area contributed by atoms with E-state index in [-0.39, 0.29) is 0 Å². The van der Waals surface area contributed by atoms with Gasteiger partial charge in [-0.05, 0) is 32.9 Å². The molecule has 0 saturated carbocycles. The number of methoxy groups -OCH3 is 1. The lowest BCUT2D eigenvalue weighted by molar-refractivity contribution is 0.101. The molecule has 0 bridgehead atoms. The van der Waals surface area contributed by atoms with Crippen molar-refractivity contribution < 1.29 is 4.74 Å². The van der Waals surface area contributed by atoms with Gasteiger partial charge in [0, 0.05) is 52.5 Å². The fourth-order valence-corrected chi connectivity index (χ4v) is 2.53. The first-order chi connectivity index (χ1) is 8.77. The average Bonchev–Trinajstić information content (AvgIpc) is 2.39. The topological polar surface area (TPSA) is 27.7 Å². The number of rotatable bonds is 9. The van der Waals surface area contributed by atoms with Crippen molar-refractivity contribution in [3.8, 4) is 0 Å². The van der Waals surface area contributed by atoms with Crippen LogP contribution in [0.15, 0.2) is 0 Å². The molecule has 1 unspecified atom stereocenters. The van der Waals surface area contributed by atoms with Crippen molar-refractivity contribution in [2.75, 3.05) is 59.5 Å². The molecule has 0 aliphatic carbocycles. The zero-order chi connectivity index (χ0) is 13.2. The Labute approximate surface area is 113 Å². The van der Waals surface area contributed by atoms with Crippen molar-refractivity contribution in [1.29, 1.82) is 0 Å². The molecule has 0 spiro atoms. The maximum atomic E-state index is 5.04. The van der Waals surface area contributed by atoms with E-state index in [1.54, 1.807) is 7.11 Å². The SMILES string of the molecule is CCCN1CCN(C(C)CNCCCOC)CC1. The molecule has 1 fully saturated rings. The molecule has 0 aromatic heterocycles. The maximum Gasteiger partial charge on any atom is 0.0474 e. The van der Waals surface area contributed by atoms with E-state index in [1.807, 2.05) is 0 Å². The highest BCUT2D eigenvalue weighted by Gasteiger charge is 2.19. The Bertz CT molecular complexity index is 193. The predicted molar refractivity (Wildman–Crippen MR) is 77.1 cm³/mol. The molecule has 0 aromatic rings. The molecule has 1 N–H and O–H groups in total. The Kier molecular flexibility index (Phi) is 8.59. The largest absolute Gasteiger partial charge is 0.385 e. The average molecular weight is 257 g/mol. The zero-order valence-corrected chi connectivity index (χ0v) is 12.5. The third-order valence-corrected chi connectivity index (χ3v) is 3.71. The first-order valence-electron chi connectivity index (χ1n) is 7.44. The summed E-state index contributed by atoms with van der Waals surface area (Å²) in [5.74, 6) is 0. The third-order valence-electron chi connectivity index (χ3n) is 3.71. The van der Waals surface area contributed by atoms with Crippen LogP contribution in [0.2, 0.25) is 0 Å². The molecule has 4 nitrogen and oxygen atoms in total. The van der Waals surface area contributed by atoms with Crippen LogP contribution in [0.3, 0.4) is 0 Å². The van der Waals surface area contributed by atoms with E-state index in [0.29, 0.717) is 6.04 Å². The lowest BCUT2D eigenvalue weighted by Crippen LogP contribution is -2.52. The summed E-state index contributed by atoms with van der Waals surface area (Å²) in [6.45, 7) is 13.8. The Morgan fingerprint density at radius 3 is 2.56 bits per heavy atom. The van der Waals surface area contributed by atoms with Gasteiger partial charge in [0.15, 0.2) is 0 Å². The first kappa shape index (κ1) is 15.9. The third kappa shape index (κ3) is 6.14. The van der Waals surface area contributed by atoms with Gasteiger partial charge < -0.3 is 15.0 Å². The van der Waals surface area contributed by atoms with Gasteiger partial charge in [0.05, 0.1) is 0 Å². The molecular weight excluding hydrogens is 226 g/mol. The van der Waals surface area contributed by atoms with Gasteiger partial charge in [-0.15, -0.1) is 0 Å². The molecule has 1 rings (SSSR count). The van der Waals surface area contributed by atoms with E-state index >= 15 is 0 Å². The molecule has 1 heterocycles. The fraction of sp³-hybridized carbons (Fsp3) is 1.00. The highest BCUT2D eigenvalue weighted by atomic mass is 16.5. The normalized spacial score (nSPS) is 20.2. The highest BCUT2D eigenvalue weighted by Crippen LogP contribution is 2.06. The van der Waals surface area contributed by atoms with Gasteiger partial charge in [0.2, 0.25) is 0 Å². The fourth-order valence-electron chi connectivity index (χ4n) is 2.53. The predicted octanol–water partition coefficient (Wildman–Crippen LogP) is 1.03. The summed E-state index contributed by atoms with van der Waals surface area (Å²) in [4.78, 5) is 5.19. The van der Waals surface area contributed by atoms with Gasteiger partial charge in [0.25, 0.3) is 0 Å². The van der Waals surface area contributed by atoms with Gasteiger partial charge in [-0.1, -0.05) is 6.92 Å². The summed E-state index contributed by atoms with van der Waals surface area (Å²) in [5, 5.41) is 3.52. The molecule has 18 heavy (non-hydrogen) atoms. The van der Waals surface area contributed by atoms with Gasteiger partial charge in [-0.3, -0.25) is 4.90 Å². The van der Waals surface area contributed by atoms with Crippen molar-refractivity contribution in [1.82, 2.24) is 15.1 Å². The van der Waals surface area contributed by atoms with Crippen molar-refractivity contribution >= 4 is 0 Å². The van der Waals surface area contributed by atoms with E-state index in [0.717, 1.165) is 26.1 Å². The molecule has 4 heteroatoms. The number of hydrogen-bond acceptors (Lipinski definition) is 4. The number of hydrogen-bond donors (Lipinski definition) is 1. The van der Waals surface area contributed by atoms with Crippen molar-refractivity contribution in [3.05, 3.63) is 0 Å².